The van der Waals surface area contributed by atoms with E-state index in [4.69, 9.17) is 8.92 Å². The maximum atomic E-state index is 13.7. The van der Waals surface area contributed by atoms with Crippen LogP contribution in [0.3, 0.4) is 0 Å². The standard InChI is InChI=1S/C26H23NO7S/c28-25(29)24-14-15-34-35(31,32)27(24,16-18-8-2-1-3-9-18)26(30)33-17-23-21-12-6-4-10-19(21)20-11-5-7-13-22(20)23/h1-13,23-24H,14-17H2/p+1. The first kappa shape index (κ1) is 23.2. The van der Waals surface area contributed by atoms with Crippen LogP contribution in [0.5, 0.6) is 0 Å². The lowest BCUT2D eigenvalue weighted by Gasteiger charge is -2.38. The van der Waals surface area contributed by atoms with Crippen LogP contribution in [-0.4, -0.2) is 48.7 Å². The Morgan fingerprint density at radius 1 is 0.914 bits per heavy atom. The lowest BCUT2D eigenvalue weighted by molar-refractivity contribution is -0.775. The van der Waals surface area contributed by atoms with Crippen LogP contribution < -0.4 is 0 Å². The first-order valence-corrected chi connectivity index (χ1v) is 12.6. The van der Waals surface area contributed by atoms with E-state index >= 15 is 0 Å². The molecule has 1 heterocycles. The van der Waals surface area contributed by atoms with Crippen LogP contribution in [0, 0.1) is 0 Å². The van der Waals surface area contributed by atoms with Gasteiger partial charge in [-0.2, -0.15) is 4.79 Å². The van der Waals surface area contributed by atoms with Gasteiger partial charge < -0.3 is 9.84 Å². The molecule has 180 valence electrons. The summed E-state index contributed by atoms with van der Waals surface area (Å²) in [6.07, 6.45) is -1.31. The molecule has 1 amide bonds. The van der Waals surface area contributed by atoms with Crippen molar-refractivity contribution < 1.29 is 35.9 Å². The molecule has 2 atom stereocenters. The normalized spacial score (nSPS) is 22.7. The van der Waals surface area contributed by atoms with Gasteiger partial charge in [-0.25, -0.2) is 8.98 Å². The quantitative estimate of drug-likeness (QED) is 0.533. The van der Waals surface area contributed by atoms with Crippen molar-refractivity contribution in [3.05, 3.63) is 95.6 Å². The van der Waals surface area contributed by atoms with Gasteiger partial charge in [0.05, 0.1) is 6.61 Å². The highest BCUT2D eigenvalue weighted by atomic mass is 32.2. The summed E-state index contributed by atoms with van der Waals surface area (Å²) in [6.45, 7) is -0.870. The van der Waals surface area contributed by atoms with Gasteiger partial charge in [-0.3, -0.25) is 0 Å². The summed E-state index contributed by atoms with van der Waals surface area (Å²) in [7, 11) is -4.66. The predicted molar refractivity (Wildman–Crippen MR) is 126 cm³/mol. The summed E-state index contributed by atoms with van der Waals surface area (Å²) in [5.74, 6) is -1.71. The Hall–Kier alpha value is -3.53. The lowest BCUT2D eigenvalue weighted by atomic mass is 9.98. The summed E-state index contributed by atoms with van der Waals surface area (Å²) in [6, 6.07) is 22.4. The van der Waals surface area contributed by atoms with Crippen LogP contribution in [0.1, 0.15) is 29.0 Å². The number of fused-ring (bicyclic) bond motifs is 3. The molecule has 2 unspecified atom stereocenters. The number of carboxylic acid groups (broad SMARTS) is 1. The molecule has 2 aliphatic rings. The second-order valence-electron chi connectivity index (χ2n) is 8.64. The molecule has 0 radical (unpaired) electrons. The van der Waals surface area contributed by atoms with Gasteiger partial charge in [0, 0.05) is 17.9 Å². The average Bonchev–Trinajstić information content (AvgIpc) is 3.17. The summed E-state index contributed by atoms with van der Waals surface area (Å²) in [5.41, 5.74) is 4.44. The van der Waals surface area contributed by atoms with Crippen molar-refractivity contribution in [1.29, 1.82) is 0 Å². The number of amides is 1. The van der Waals surface area contributed by atoms with Gasteiger partial charge in [0.2, 0.25) is 6.04 Å². The molecule has 3 aromatic carbocycles. The SMILES string of the molecule is O=C(O)C1CCOS(=O)(=O)[N+]1(Cc1ccccc1)C(=O)OCC1c2ccccc2-c2ccccc21. The van der Waals surface area contributed by atoms with E-state index in [0.29, 0.717) is 5.56 Å². The number of carboxylic acids is 1. The molecule has 0 bridgehead atoms. The molecule has 0 aromatic heterocycles. The molecule has 1 aliphatic heterocycles. The Bertz CT molecular complexity index is 1340. The summed E-state index contributed by atoms with van der Waals surface area (Å²) in [5, 5.41) is 9.93. The number of carbonyl (C=O) groups excluding carboxylic acids is 1. The predicted octanol–water partition coefficient (Wildman–Crippen LogP) is 4.07. The molecule has 8 nitrogen and oxygen atoms in total. The number of aliphatic carboxylic acids is 1. The highest BCUT2D eigenvalue weighted by Gasteiger charge is 2.63. The van der Waals surface area contributed by atoms with Gasteiger partial charge in [-0.05, 0) is 22.3 Å². The molecule has 1 saturated heterocycles. The van der Waals surface area contributed by atoms with Gasteiger partial charge >= 0.3 is 22.4 Å². The zero-order valence-corrected chi connectivity index (χ0v) is 19.6. The third-order valence-electron chi connectivity index (χ3n) is 6.72. The Morgan fingerprint density at radius 3 is 2.09 bits per heavy atom. The molecule has 9 heteroatoms. The van der Waals surface area contributed by atoms with Crippen molar-refractivity contribution in [3.8, 4) is 11.1 Å². The summed E-state index contributed by atoms with van der Waals surface area (Å²) < 4.78 is 35.7. The largest absolute Gasteiger partial charge is 0.534 e. The van der Waals surface area contributed by atoms with Crippen molar-refractivity contribution >= 4 is 22.4 Å². The highest BCUT2D eigenvalue weighted by molar-refractivity contribution is 7.81. The minimum Gasteiger partial charge on any atom is -0.477 e. The maximum absolute atomic E-state index is 13.7. The molecule has 5 rings (SSSR count). The Labute approximate surface area is 203 Å². The number of benzene rings is 3. The van der Waals surface area contributed by atoms with Crippen molar-refractivity contribution in [2.45, 2.75) is 24.9 Å². The topological polar surface area (TPSA) is 107 Å². The first-order chi connectivity index (χ1) is 16.8. The Kier molecular flexibility index (Phi) is 5.92. The third-order valence-corrected chi connectivity index (χ3v) is 8.51. The molecule has 1 aliphatic carbocycles. The molecule has 0 spiro atoms. The highest BCUT2D eigenvalue weighted by Crippen LogP contribution is 2.45. The number of hydrogen-bond acceptors (Lipinski definition) is 6. The molecule has 1 fully saturated rings. The number of hydrogen-bond donors (Lipinski definition) is 1. The molecule has 3 aromatic rings. The second kappa shape index (κ2) is 8.92. The third kappa shape index (κ3) is 3.81. The van der Waals surface area contributed by atoms with Crippen LogP contribution in [0.25, 0.3) is 11.1 Å². The van der Waals surface area contributed by atoms with Gasteiger partial charge in [-0.1, -0.05) is 82.8 Å². The van der Waals surface area contributed by atoms with E-state index < -0.39 is 38.8 Å². The van der Waals surface area contributed by atoms with E-state index in [1.165, 1.54) is 0 Å². The number of nitrogens with zero attached hydrogens (tertiary/aromatic N) is 1. The molecular weight excluding hydrogens is 470 g/mol. The van der Waals surface area contributed by atoms with Gasteiger partial charge in [-0.15, -0.1) is 8.42 Å². The maximum Gasteiger partial charge on any atom is 0.534 e. The van der Waals surface area contributed by atoms with E-state index in [1.54, 1.807) is 30.3 Å². The fraction of sp³-hybridized carbons (Fsp3) is 0.231. The van der Waals surface area contributed by atoms with E-state index in [2.05, 4.69) is 0 Å². The lowest BCUT2D eigenvalue weighted by Crippen LogP contribution is -2.67. The molecule has 35 heavy (non-hydrogen) atoms. The second-order valence-corrected chi connectivity index (χ2v) is 10.4. The van der Waals surface area contributed by atoms with E-state index in [1.807, 2.05) is 48.5 Å². The fourth-order valence-corrected chi connectivity index (χ4v) is 6.60. The number of ether oxygens (including phenoxy) is 1. The minimum absolute atomic E-state index is 0.135. The number of quaternary nitrogens is 1. The summed E-state index contributed by atoms with van der Waals surface area (Å²) >= 11 is 0. The molecule has 0 saturated carbocycles. The summed E-state index contributed by atoms with van der Waals surface area (Å²) in [4.78, 5) is 25.9. The van der Waals surface area contributed by atoms with Crippen LogP contribution >= 0.6 is 0 Å². The van der Waals surface area contributed by atoms with Crippen LogP contribution in [0.4, 0.5) is 4.79 Å². The Balaban J connectivity index is 1.52. The Morgan fingerprint density at radius 2 is 1.49 bits per heavy atom. The average molecular weight is 495 g/mol. The van der Waals surface area contributed by atoms with E-state index in [-0.39, 0.29) is 25.6 Å². The molecular formula is C26H24NO7S+. The number of rotatable bonds is 5. The zero-order valence-electron chi connectivity index (χ0n) is 18.7. The zero-order chi connectivity index (χ0) is 24.6. The van der Waals surface area contributed by atoms with Crippen molar-refractivity contribution in [1.82, 2.24) is 0 Å². The van der Waals surface area contributed by atoms with Gasteiger partial charge in [0.25, 0.3) is 0 Å². The number of carbonyl (C=O) groups is 2. The van der Waals surface area contributed by atoms with Crippen molar-refractivity contribution in [2.75, 3.05) is 13.2 Å². The smallest absolute Gasteiger partial charge is 0.477 e. The van der Waals surface area contributed by atoms with Crippen LogP contribution in [0.2, 0.25) is 0 Å². The van der Waals surface area contributed by atoms with E-state index in [9.17, 15) is 23.1 Å². The van der Waals surface area contributed by atoms with Crippen molar-refractivity contribution in [2.24, 2.45) is 0 Å². The van der Waals surface area contributed by atoms with Crippen LogP contribution in [0.15, 0.2) is 78.9 Å². The van der Waals surface area contributed by atoms with E-state index in [0.717, 1.165) is 22.3 Å². The van der Waals surface area contributed by atoms with Crippen LogP contribution in [-0.2, 0) is 30.6 Å². The fourth-order valence-electron chi connectivity index (χ4n) is 5.06. The molecule has 1 N–H and O–H groups in total. The first-order valence-electron chi connectivity index (χ1n) is 11.2. The van der Waals surface area contributed by atoms with Gasteiger partial charge in [0.1, 0.15) is 13.2 Å². The van der Waals surface area contributed by atoms with Gasteiger partial charge in [0.15, 0.2) is 0 Å². The monoisotopic (exact) mass is 494 g/mol. The minimum atomic E-state index is -4.66. The van der Waals surface area contributed by atoms with Crippen molar-refractivity contribution in [3.63, 3.8) is 0 Å².